The van der Waals surface area contributed by atoms with E-state index in [1.807, 2.05) is 50.2 Å². The van der Waals surface area contributed by atoms with Gasteiger partial charge in [-0.05, 0) is 63.8 Å². The standard InChI is InChI=1S/C23H25FN2O3/c1-15-5-7-16(8-6-15)20-19(21(27)17-9-11-18(24)12-10-17)22(28)23(29)26(20)14-4-13-25(2)3/h5-12,20,27H,4,13-14H2,1-3H3/t20-/m0/s1. The predicted octanol–water partition coefficient (Wildman–Crippen LogP) is 3.51. The summed E-state index contributed by atoms with van der Waals surface area (Å²) in [6.07, 6.45) is 0.693. The van der Waals surface area contributed by atoms with Crippen molar-refractivity contribution in [1.82, 2.24) is 9.80 Å². The molecule has 1 atom stereocenters. The van der Waals surface area contributed by atoms with Crippen LogP contribution in [0, 0.1) is 12.7 Å². The van der Waals surface area contributed by atoms with Crippen LogP contribution in [0.25, 0.3) is 5.76 Å². The molecule has 0 saturated carbocycles. The van der Waals surface area contributed by atoms with Crippen molar-refractivity contribution in [2.75, 3.05) is 27.2 Å². The molecule has 29 heavy (non-hydrogen) atoms. The van der Waals surface area contributed by atoms with Gasteiger partial charge in [-0.25, -0.2) is 4.39 Å². The topological polar surface area (TPSA) is 60.9 Å². The van der Waals surface area contributed by atoms with Crippen LogP contribution in [-0.2, 0) is 9.59 Å². The molecule has 0 radical (unpaired) electrons. The number of aliphatic hydroxyl groups is 1. The minimum Gasteiger partial charge on any atom is -0.507 e. The summed E-state index contributed by atoms with van der Waals surface area (Å²) >= 11 is 0. The average molecular weight is 396 g/mol. The number of likely N-dealkylation sites (tertiary alicyclic amines) is 1. The van der Waals surface area contributed by atoms with Crippen LogP contribution in [0.2, 0.25) is 0 Å². The summed E-state index contributed by atoms with van der Waals surface area (Å²) in [5, 5.41) is 10.9. The third-order valence-electron chi connectivity index (χ3n) is 5.06. The Morgan fingerprint density at radius 2 is 1.69 bits per heavy atom. The molecule has 0 aliphatic carbocycles. The Labute approximate surface area is 170 Å². The largest absolute Gasteiger partial charge is 0.507 e. The van der Waals surface area contributed by atoms with Crippen LogP contribution in [0.5, 0.6) is 0 Å². The van der Waals surface area contributed by atoms with Crippen LogP contribution in [0.1, 0.15) is 29.2 Å². The van der Waals surface area contributed by atoms with Crippen molar-refractivity contribution in [1.29, 1.82) is 0 Å². The van der Waals surface area contributed by atoms with Crippen molar-refractivity contribution < 1.29 is 19.1 Å². The van der Waals surface area contributed by atoms with E-state index in [-0.39, 0.29) is 11.3 Å². The summed E-state index contributed by atoms with van der Waals surface area (Å²) in [5.74, 6) is -2.08. The third kappa shape index (κ3) is 4.38. The number of Topliss-reactive ketones (excluding diaryl/α,β-unsaturated/α-hetero) is 1. The molecular weight excluding hydrogens is 371 g/mol. The van der Waals surface area contributed by atoms with E-state index in [0.717, 1.165) is 17.7 Å². The van der Waals surface area contributed by atoms with Gasteiger partial charge in [0.1, 0.15) is 11.6 Å². The van der Waals surface area contributed by atoms with E-state index in [9.17, 15) is 19.1 Å². The van der Waals surface area contributed by atoms with E-state index in [4.69, 9.17) is 0 Å². The first-order valence-corrected chi connectivity index (χ1v) is 9.55. The van der Waals surface area contributed by atoms with E-state index >= 15 is 0 Å². The van der Waals surface area contributed by atoms with Gasteiger partial charge >= 0.3 is 0 Å². The summed E-state index contributed by atoms with van der Waals surface area (Å²) in [6.45, 7) is 3.11. The Morgan fingerprint density at radius 3 is 2.28 bits per heavy atom. The molecule has 6 heteroatoms. The van der Waals surface area contributed by atoms with E-state index < -0.39 is 23.5 Å². The van der Waals surface area contributed by atoms with Gasteiger partial charge in [0.25, 0.3) is 11.7 Å². The fraction of sp³-hybridized carbons (Fsp3) is 0.304. The van der Waals surface area contributed by atoms with Crippen LogP contribution < -0.4 is 0 Å². The number of aryl methyl sites for hydroxylation is 1. The number of hydrogen-bond acceptors (Lipinski definition) is 4. The molecule has 1 N–H and O–H groups in total. The Kier molecular flexibility index (Phi) is 6.13. The summed E-state index contributed by atoms with van der Waals surface area (Å²) < 4.78 is 13.3. The monoisotopic (exact) mass is 396 g/mol. The summed E-state index contributed by atoms with van der Waals surface area (Å²) in [5.41, 5.74) is 2.14. The lowest BCUT2D eigenvalue weighted by Crippen LogP contribution is -2.32. The predicted molar refractivity (Wildman–Crippen MR) is 110 cm³/mol. The second kappa shape index (κ2) is 8.57. The molecule has 0 unspecified atom stereocenters. The highest BCUT2D eigenvalue weighted by Crippen LogP contribution is 2.39. The van der Waals surface area contributed by atoms with Gasteiger partial charge < -0.3 is 14.9 Å². The second-order valence-electron chi connectivity index (χ2n) is 7.57. The molecular formula is C23H25FN2O3. The molecule has 1 aliphatic rings. The van der Waals surface area contributed by atoms with Crippen molar-refractivity contribution in [3.63, 3.8) is 0 Å². The van der Waals surface area contributed by atoms with Gasteiger partial charge in [-0.2, -0.15) is 0 Å². The van der Waals surface area contributed by atoms with Crippen molar-refractivity contribution in [3.8, 4) is 0 Å². The van der Waals surface area contributed by atoms with Crippen molar-refractivity contribution in [2.24, 2.45) is 0 Å². The highest BCUT2D eigenvalue weighted by Gasteiger charge is 2.45. The quantitative estimate of drug-likeness (QED) is 0.461. The Bertz CT molecular complexity index is 934. The molecule has 1 fully saturated rings. The molecule has 1 amide bonds. The first kappa shape index (κ1) is 20.7. The third-order valence-corrected chi connectivity index (χ3v) is 5.06. The minimum absolute atomic E-state index is 0.0373. The fourth-order valence-electron chi connectivity index (χ4n) is 3.53. The lowest BCUT2D eigenvalue weighted by atomic mass is 9.94. The van der Waals surface area contributed by atoms with Crippen LogP contribution in [0.4, 0.5) is 4.39 Å². The van der Waals surface area contributed by atoms with Gasteiger partial charge in [0, 0.05) is 12.1 Å². The maximum absolute atomic E-state index is 13.3. The van der Waals surface area contributed by atoms with E-state index in [2.05, 4.69) is 0 Å². The molecule has 0 aromatic heterocycles. The summed E-state index contributed by atoms with van der Waals surface area (Å²) in [7, 11) is 3.89. The maximum atomic E-state index is 13.3. The summed E-state index contributed by atoms with van der Waals surface area (Å²) in [6, 6.07) is 12.1. The van der Waals surface area contributed by atoms with Crippen LogP contribution >= 0.6 is 0 Å². The zero-order valence-electron chi connectivity index (χ0n) is 16.9. The molecule has 0 spiro atoms. The van der Waals surface area contributed by atoms with Gasteiger partial charge in [-0.15, -0.1) is 0 Å². The SMILES string of the molecule is Cc1ccc([C@H]2C(=C(O)c3ccc(F)cc3)C(=O)C(=O)N2CCCN(C)C)cc1. The molecule has 2 aromatic carbocycles. The van der Waals surface area contributed by atoms with E-state index in [1.54, 1.807) is 0 Å². The van der Waals surface area contributed by atoms with Gasteiger partial charge in [0.15, 0.2) is 0 Å². The molecule has 3 rings (SSSR count). The van der Waals surface area contributed by atoms with Crippen LogP contribution in [-0.4, -0.2) is 53.8 Å². The lowest BCUT2D eigenvalue weighted by Gasteiger charge is -2.26. The molecule has 1 aliphatic heterocycles. The molecule has 1 saturated heterocycles. The Hall–Kier alpha value is -2.99. The Morgan fingerprint density at radius 1 is 1.07 bits per heavy atom. The number of hydrogen-bond donors (Lipinski definition) is 1. The zero-order valence-corrected chi connectivity index (χ0v) is 16.9. The highest BCUT2D eigenvalue weighted by atomic mass is 19.1. The number of rotatable bonds is 6. The average Bonchev–Trinajstić information content (AvgIpc) is 2.93. The first-order valence-electron chi connectivity index (χ1n) is 9.55. The number of benzene rings is 2. The first-order chi connectivity index (χ1) is 13.8. The van der Waals surface area contributed by atoms with Gasteiger partial charge in [0.2, 0.25) is 0 Å². The number of amides is 1. The lowest BCUT2D eigenvalue weighted by molar-refractivity contribution is -0.139. The minimum atomic E-state index is -0.720. The Balaban J connectivity index is 2.07. The van der Waals surface area contributed by atoms with Crippen molar-refractivity contribution in [2.45, 2.75) is 19.4 Å². The smallest absolute Gasteiger partial charge is 0.295 e. The molecule has 152 valence electrons. The van der Waals surface area contributed by atoms with E-state index in [0.29, 0.717) is 18.5 Å². The number of aliphatic hydroxyl groups excluding tert-OH is 1. The van der Waals surface area contributed by atoms with E-state index in [1.165, 1.54) is 29.2 Å². The normalized spacial score (nSPS) is 18.7. The van der Waals surface area contributed by atoms with Crippen molar-refractivity contribution >= 4 is 17.4 Å². The number of carbonyl (C=O) groups excluding carboxylic acids is 2. The number of carbonyl (C=O) groups is 2. The van der Waals surface area contributed by atoms with Crippen LogP contribution in [0.15, 0.2) is 54.1 Å². The molecule has 5 nitrogen and oxygen atoms in total. The fourth-order valence-corrected chi connectivity index (χ4v) is 3.53. The molecule has 2 aromatic rings. The summed E-state index contributed by atoms with van der Waals surface area (Å²) in [4.78, 5) is 29.2. The number of ketones is 1. The molecule has 1 heterocycles. The van der Waals surface area contributed by atoms with Crippen molar-refractivity contribution in [3.05, 3.63) is 76.6 Å². The van der Waals surface area contributed by atoms with Gasteiger partial charge in [-0.3, -0.25) is 9.59 Å². The molecule has 0 bridgehead atoms. The zero-order chi connectivity index (χ0) is 21.1. The maximum Gasteiger partial charge on any atom is 0.295 e. The van der Waals surface area contributed by atoms with Gasteiger partial charge in [-0.1, -0.05) is 29.8 Å². The highest BCUT2D eigenvalue weighted by molar-refractivity contribution is 6.46. The number of halogens is 1. The van der Waals surface area contributed by atoms with Crippen LogP contribution in [0.3, 0.4) is 0 Å². The second-order valence-corrected chi connectivity index (χ2v) is 7.57. The number of nitrogens with zero attached hydrogens (tertiary/aromatic N) is 2. The van der Waals surface area contributed by atoms with Gasteiger partial charge in [0.05, 0.1) is 11.6 Å².